The van der Waals surface area contributed by atoms with Crippen molar-refractivity contribution in [3.05, 3.63) is 69.9 Å². The maximum Gasteiger partial charge on any atom is 0.270 e. The van der Waals surface area contributed by atoms with E-state index in [4.69, 9.17) is 5.11 Å². The third kappa shape index (κ3) is 3.11. The summed E-state index contributed by atoms with van der Waals surface area (Å²) in [5.41, 5.74) is 2.52. The second-order valence-electron chi connectivity index (χ2n) is 5.31. The zero-order valence-corrected chi connectivity index (χ0v) is 12.7. The van der Waals surface area contributed by atoms with Crippen LogP contribution in [0.25, 0.3) is 10.9 Å². The van der Waals surface area contributed by atoms with E-state index in [-0.39, 0.29) is 18.2 Å². The second kappa shape index (κ2) is 6.51. The van der Waals surface area contributed by atoms with Crippen molar-refractivity contribution in [2.24, 2.45) is 0 Å². The van der Waals surface area contributed by atoms with Crippen molar-refractivity contribution < 1.29 is 14.8 Å². The maximum atomic E-state index is 12.4. The number of amides is 1. The number of aliphatic hydroxyl groups is 1. The summed E-state index contributed by atoms with van der Waals surface area (Å²) < 4.78 is 0. The van der Waals surface area contributed by atoms with Gasteiger partial charge in [0.25, 0.3) is 11.6 Å². The van der Waals surface area contributed by atoms with Crippen molar-refractivity contribution >= 4 is 28.2 Å². The minimum absolute atomic E-state index is 0.0653. The van der Waals surface area contributed by atoms with E-state index in [0.717, 1.165) is 5.56 Å². The molecule has 1 heterocycles. The van der Waals surface area contributed by atoms with E-state index in [2.05, 4.69) is 10.3 Å². The Balaban J connectivity index is 1.85. The number of carbonyl (C=O) groups excluding carboxylic acids is 1. The quantitative estimate of drug-likeness (QED) is 0.495. The van der Waals surface area contributed by atoms with Gasteiger partial charge in [0.05, 0.1) is 10.5 Å². The molecule has 3 N–H and O–H groups in total. The van der Waals surface area contributed by atoms with Gasteiger partial charge in [-0.15, -0.1) is 0 Å². The number of rotatable bonds is 5. The summed E-state index contributed by atoms with van der Waals surface area (Å²) in [7, 11) is 0. The molecule has 3 aromatic rings. The lowest BCUT2D eigenvalue weighted by Gasteiger charge is -2.05. The number of hydrogen-bond acceptors (Lipinski definition) is 4. The summed E-state index contributed by atoms with van der Waals surface area (Å²) in [6, 6.07) is 11.5. The van der Waals surface area contributed by atoms with Gasteiger partial charge in [0.15, 0.2) is 0 Å². The number of non-ortho nitro benzene ring substituents is 1. The number of nitrogens with one attached hydrogen (secondary N) is 2. The molecular formula is C17H15N3O4. The molecule has 3 rings (SSSR count). The number of H-pyrrole nitrogens is 1. The Morgan fingerprint density at radius 3 is 2.62 bits per heavy atom. The lowest BCUT2D eigenvalue weighted by molar-refractivity contribution is -0.384. The predicted octanol–water partition coefficient (Wildman–Crippen LogP) is 2.86. The van der Waals surface area contributed by atoms with Crippen molar-refractivity contribution in [1.29, 1.82) is 0 Å². The van der Waals surface area contributed by atoms with E-state index in [1.165, 1.54) is 18.3 Å². The number of hydrogen-bond donors (Lipinski definition) is 3. The van der Waals surface area contributed by atoms with Gasteiger partial charge in [-0.05, 0) is 30.2 Å². The van der Waals surface area contributed by atoms with E-state index < -0.39 is 4.92 Å². The molecule has 7 nitrogen and oxygen atoms in total. The van der Waals surface area contributed by atoms with Gasteiger partial charge in [0, 0.05) is 41.5 Å². The number of fused-ring (bicyclic) bond motifs is 1. The van der Waals surface area contributed by atoms with Crippen LogP contribution in [0.5, 0.6) is 0 Å². The number of nitrogens with zero attached hydrogens (tertiary/aromatic N) is 1. The highest BCUT2D eigenvalue weighted by Gasteiger charge is 2.15. The van der Waals surface area contributed by atoms with Gasteiger partial charge < -0.3 is 15.4 Å². The van der Waals surface area contributed by atoms with Crippen molar-refractivity contribution in [1.82, 2.24) is 4.98 Å². The molecule has 0 aliphatic rings. The predicted molar refractivity (Wildman–Crippen MR) is 90.1 cm³/mol. The molecule has 2 aromatic carbocycles. The van der Waals surface area contributed by atoms with E-state index in [1.54, 1.807) is 18.2 Å². The maximum absolute atomic E-state index is 12.4. The van der Waals surface area contributed by atoms with Crippen molar-refractivity contribution in [3.63, 3.8) is 0 Å². The van der Waals surface area contributed by atoms with E-state index in [9.17, 15) is 14.9 Å². The van der Waals surface area contributed by atoms with Crippen LogP contribution in [0.3, 0.4) is 0 Å². The lowest BCUT2D eigenvalue weighted by Crippen LogP contribution is -2.11. The number of nitro benzene ring substituents is 1. The molecule has 0 radical (unpaired) electrons. The summed E-state index contributed by atoms with van der Waals surface area (Å²) in [6.07, 6.45) is 2.09. The fourth-order valence-electron chi connectivity index (χ4n) is 2.49. The number of aliphatic hydroxyl groups excluding tert-OH is 1. The molecule has 24 heavy (non-hydrogen) atoms. The molecule has 0 fully saturated rings. The van der Waals surface area contributed by atoms with E-state index in [1.807, 2.05) is 12.1 Å². The van der Waals surface area contributed by atoms with Gasteiger partial charge in [-0.1, -0.05) is 12.1 Å². The average molecular weight is 325 g/mol. The molecule has 0 atom stereocenters. The molecule has 0 unspecified atom stereocenters. The smallest absolute Gasteiger partial charge is 0.270 e. The second-order valence-corrected chi connectivity index (χ2v) is 5.31. The monoisotopic (exact) mass is 325 g/mol. The minimum atomic E-state index is -0.492. The number of anilines is 1. The fourth-order valence-corrected chi connectivity index (χ4v) is 2.49. The number of carbonyl (C=O) groups is 1. The molecule has 0 spiro atoms. The van der Waals surface area contributed by atoms with Crippen LogP contribution >= 0.6 is 0 Å². The highest BCUT2D eigenvalue weighted by Crippen LogP contribution is 2.24. The van der Waals surface area contributed by atoms with E-state index in [0.29, 0.717) is 28.6 Å². The standard InChI is InChI=1S/C17H15N3O4/c21-8-7-11-1-3-12(4-2-11)19-17(22)15-10-18-16-6-5-13(20(23)24)9-14(15)16/h1-6,9-10,18,21H,7-8H2,(H,19,22). The number of nitro groups is 1. The summed E-state index contributed by atoms with van der Waals surface area (Å²) >= 11 is 0. The van der Waals surface area contributed by atoms with Crippen molar-refractivity contribution in [3.8, 4) is 0 Å². The van der Waals surface area contributed by atoms with Gasteiger partial charge in [0.1, 0.15) is 0 Å². The first-order valence-electron chi connectivity index (χ1n) is 7.35. The number of aromatic amines is 1. The molecule has 0 saturated carbocycles. The molecular weight excluding hydrogens is 310 g/mol. The van der Waals surface area contributed by atoms with Crippen LogP contribution in [0.4, 0.5) is 11.4 Å². The molecule has 0 saturated heterocycles. The Labute approximate surface area is 137 Å². The Morgan fingerprint density at radius 1 is 1.21 bits per heavy atom. The average Bonchev–Trinajstić information content (AvgIpc) is 3.00. The van der Waals surface area contributed by atoms with E-state index >= 15 is 0 Å². The Hall–Kier alpha value is -3.19. The molecule has 1 amide bonds. The van der Waals surface area contributed by atoms with Crippen LogP contribution in [0.1, 0.15) is 15.9 Å². The Morgan fingerprint density at radius 2 is 1.96 bits per heavy atom. The Kier molecular flexibility index (Phi) is 4.26. The molecule has 1 aromatic heterocycles. The van der Waals surface area contributed by atoms with Crippen molar-refractivity contribution in [2.75, 3.05) is 11.9 Å². The van der Waals surface area contributed by atoms with Crippen LogP contribution in [0.15, 0.2) is 48.7 Å². The molecule has 0 aliphatic heterocycles. The largest absolute Gasteiger partial charge is 0.396 e. The summed E-state index contributed by atoms with van der Waals surface area (Å²) in [4.78, 5) is 25.8. The summed E-state index contributed by atoms with van der Waals surface area (Å²) in [5.74, 6) is -0.350. The normalized spacial score (nSPS) is 10.7. The first-order valence-corrected chi connectivity index (χ1v) is 7.35. The van der Waals surface area contributed by atoms with Crippen LogP contribution in [0.2, 0.25) is 0 Å². The third-order valence-electron chi connectivity index (χ3n) is 3.73. The van der Waals surface area contributed by atoms with Crippen LogP contribution in [-0.2, 0) is 6.42 Å². The van der Waals surface area contributed by atoms with Crippen LogP contribution in [-0.4, -0.2) is 27.5 Å². The summed E-state index contributed by atoms with van der Waals surface area (Å²) in [6.45, 7) is 0.0693. The number of aromatic nitrogens is 1. The summed E-state index contributed by atoms with van der Waals surface area (Å²) in [5, 5.41) is 23.1. The highest BCUT2D eigenvalue weighted by molar-refractivity contribution is 6.13. The highest BCUT2D eigenvalue weighted by atomic mass is 16.6. The van der Waals surface area contributed by atoms with Gasteiger partial charge in [-0.25, -0.2) is 0 Å². The Bertz CT molecular complexity index is 900. The third-order valence-corrected chi connectivity index (χ3v) is 3.73. The topological polar surface area (TPSA) is 108 Å². The SMILES string of the molecule is O=C(Nc1ccc(CCO)cc1)c1c[nH]c2ccc([N+](=O)[O-])cc12. The van der Waals surface area contributed by atoms with Gasteiger partial charge >= 0.3 is 0 Å². The zero-order chi connectivity index (χ0) is 17.1. The molecule has 7 heteroatoms. The van der Waals surface area contributed by atoms with Gasteiger partial charge in [-0.2, -0.15) is 0 Å². The fraction of sp³-hybridized carbons (Fsp3) is 0.118. The first kappa shape index (κ1) is 15.7. The van der Waals surface area contributed by atoms with Gasteiger partial charge in [-0.3, -0.25) is 14.9 Å². The lowest BCUT2D eigenvalue weighted by atomic mass is 10.1. The molecule has 0 aliphatic carbocycles. The van der Waals surface area contributed by atoms with Crippen LogP contribution < -0.4 is 5.32 Å². The number of benzene rings is 2. The molecule has 0 bridgehead atoms. The van der Waals surface area contributed by atoms with Gasteiger partial charge in [0.2, 0.25) is 0 Å². The minimum Gasteiger partial charge on any atom is -0.396 e. The van der Waals surface area contributed by atoms with Crippen molar-refractivity contribution in [2.45, 2.75) is 6.42 Å². The molecule has 122 valence electrons. The zero-order valence-electron chi connectivity index (χ0n) is 12.7. The van der Waals surface area contributed by atoms with Crippen LogP contribution in [0, 0.1) is 10.1 Å². The first-order chi connectivity index (χ1) is 11.6.